The molecule has 3 nitrogen and oxygen atoms in total. The summed E-state index contributed by atoms with van der Waals surface area (Å²) in [7, 11) is 2.13. The number of nitrogens with zero attached hydrogens (tertiary/aromatic N) is 2. The molecule has 0 saturated heterocycles. The Balaban J connectivity index is 2.98. The van der Waals surface area contributed by atoms with Crippen LogP contribution in [0, 0.1) is 5.92 Å². The first kappa shape index (κ1) is 18.0. The zero-order valence-electron chi connectivity index (χ0n) is 15.0. The van der Waals surface area contributed by atoms with Crippen molar-refractivity contribution in [3.8, 4) is 0 Å². The van der Waals surface area contributed by atoms with Crippen LogP contribution in [0.4, 0.5) is 5.82 Å². The molecule has 0 saturated carbocycles. The molecular formula is C18H33N3. The van der Waals surface area contributed by atoms with E-state index < -0.39 is 0 Å². The molecular weight excluding hydrogens is 258 g/mol. The van der Waals surface area contributed by atoms with Gasteiger partial charge in [0.15, 0.2) is 0 Å². The zero-order valence-corrected chi connectivity index (χ0v) is 15.0. The molecule has 0 aliphatic carbocycles. The lowest BCUT2D eigenvalue weighted by Gasteiger charge is -2.24. The smallest absolute Gasteiger partial charge is 0.128 e. The van der Waals surface area contributed by atoms with Crippen LogP contribution in [0.25, 0.3) is 0 Å². The van der Waals surface area contributed by atoms with E-state index in [4.69, 9.17) is 4.98 Å². The van der Waals surface area contributed by atoms with E-state index >= 15 is 0 Å². The van der Waals surface area contributed by atoms with Gasteiger partial charge in [-0.2, -0.15) is 0 Å². The molecule has 0 aliphatic heterocycles. The van der Waals surface area contributed by atoms with Gasteiger partial charge >= 0.3 is 0 Å². The van der Waals surface area contributed by atoms with E-state index in [9.17, 15) is 0 Å². The molecule has 0 spiro atoms. The van der Waals surface area contributed by atoms with Crippen molar-refractivity contribution in [2.24, 2.45) is 5.92 Å². The molecule has 1 aromatic rings. The van der Waals surface area contributed by atoms with Crippen LogP contribution in [0.2, 0.25) is 0 Å². The highest BCUT2D eigenvalue weighted by Crippen LogP contribution is 2.24. The number of nitrogens with one attached hydrogen (secondary N) is 1. The lowest BCUT2D eigenvalue weighted by molar-refractivity contribution is 0.546. The summed E-state index contributed by atoms with van der Waals surface area (Å²) in [4.78, 5) is 7.12. The molecule has 0 atom stereocenters. The first-order valence-corrected chi connectivity index (χ1v) is 8.17. The third-order valence-corrected chi connectivity index (χ3v) is 3.47. The van der Waals surface area contributed by atoms with Gasteiger partial charge in [-0.15, -0.1) is 0 Å². The second kappa shape index (κ2) is 7.79. The van der Waals surface area contributed by atoms with Crippen LogP contribution in [-0.4, -0.2) is 25.1 Å². The van der Waals surface area contributed by atoms with Gasteiger partial charge in [-0.3, -0.25) is 0 Å². The molecule has 0 unspecified atom stereocenters. The van der Waals surface area contributed by atoms with Gasteiger partial charge in [0.1, 0.15) is 5.82 Å². The van der Waals surface area contributed by atoms with Crippen molar-refractivity contribution < 1.29 is 0 Å². The van der Waals surface area contributed by atoms with Crippen LogP contribution in [0.5, 0.6) is 0 Å². The highest BCUT2D eigenvalue weighted by Gasteiger charge is 2.18. The second-order valence-electron chi connectivity index (χ2n) is 7.42. The maximum Gasteiger partial charge on any atom is 0.128 e. The molecule has 1 aromatic heterocycles. The normalized spacial score (nSPS) is 12.0. The van der Waals surface area contributed by atoms with Crippen LogP contribution in [0.1, 0.15) is 59.2 Å². The average Bonchev–Trinajstić information content (AvgIpc) is 2.37. The molecule has 0 bridgehead atoms. The number of aromatic nitrogens is 1. The lowest BCUT2D eigenvalue weighted by atomic mass is 9.90. The number of hydrogen-bond acceptors (Lipinski definition) is 3. The molecule has 1 N–H and O–H groups in total. The molecule has 0 radical (unpaired) electrons. The first-order valence-electron chi connectivity index (χ1n) is 8.17. The summed E-state index contributed by atoms with van der Waals surface area (Å²) in [6.45, 7) is 16.4. The van der Waals surface area contributed by atoms with Gasteiger partial charge < -0.3 is 10.2 Å². The minimum absolute atomic E-state index is 0.0792. The summed E-state index contributed by atoms with van der Waals surface area (Å²) in [5, 5.41) is 3.53. The predicted octanol–water partition coefficient (Wildman–Crippen LogP) is 3.97. The second-order valence-corrected chi connectivity index (χ2v) is 7.42. The SMILES string of the molecule is CCCN(C)c1cc(CNCC(C)C)cc(C(C)(C)C)n1. The summed E-state index contributed by atoms with van der Waals surface area (Å²) in [5.74, 6) is 1.77. The van der Waals surface area contributed by atoms with Gasteiger partial charge in [0, 0.05) is 31.2 Å². The van der Waals surface area contributed by atoms with Crippen LogP contribution in [0.3, 0.4) is 0 Å². The zero-order chi connectivity index (χ0) is 16.0. The summed E-state index contributed by atoms with van der Waals surface area (Å²) in [6.07, 6.45) is 1.14. The topological polar surface area (TPSA) is 28.2 Å². The van der Waals surface area contributed by atoms with E-state index in [1.165, 1.54) is 11.3 Å². The Bertz CT molecular complexity index is 433. The molecule has 0 aliphatic rings. The van der Waals surface area contributed by atoms with Gasteiger partial charge in [0.2, 0.25) is 0 Å². The molecule has 0 fully saturated rings. The van der Waals surface area contributed by atoms with Crippen LogP contribution in [-0.2, 0) is 12.0 Å². The number of anilines is 1. The van der Waals surface area contributed by atoms with Crippen molar-refractivity contribution in [1.29, 1.82) is 0 Å². The summed E-state index contributed by atoms with van der Waals surface area (Å²) >= 11 is 0. The minimum atomic E-state index is 0.0792. The highest BCUT2D eigenvalue weighted by molar-refractivity contribution is 5.43. The van der Waals surface area contributed by atoms with Gasteiger partial charge in [0.05, 0.1) is 0 Å². The van der Waals surface area contributed by atoms with E-state index in [-0.39, 0.29) is 5.41 Å². The summed E-state index contributed by atoms with van der Waals surface area (Å²) in [6, 6.07) is 4.47. The number of hydrogen-bond donors (Lipinski definition) is 1. The van der Waals surface area contributed by atoms with E-state index in [0.29, 0.717) is 5.92 Å². The van der Waals surface area contributed by atoms with Crippen molar-refractivity contribution >= 4 is 5.82 Å². The van der Waals surface area contributed by atoms with Gasteiger partial charge in [-0.1, -0.05) is 41.5 Å². The van der Waals surface area contributed by atoms with E-state index in [2.05, 4.69) is 70.9 Å². The average molecular weight is 291 g/mol. The highest BCUT2D eigenvalue weighted by atomic mass is 15.2. The Kier molecular flexibility index (Phi) is 6.66. The van der Waals surface area contributed by atoms with E-state index in [1.807, 2.05) is 0 Å². The molecule has 0 amide bonds. The third-order valence-electron chi connectivity index (χ3n) is 3.47. The maximum atomic E-state index is 4.86. The first-order chi connectivity index (χ1) is 9.74. The summed E-state index contributed by atoms with van der Waals surface area (Å²) < 4.78 is 0. The Morgan fingerprint density at radius 1 is 1.24 bits per heavy atom. The van der Waals surface area contributed by atoms with Crippen molar-refractivity contribution in [2.45, 2.75) is 59.9 Å². The fraction of sp³-hybridized carbons (Fsp3) is 0.722. The fourth-order valence-corrected chi connectivity index (χ4v) is 2.21. The molecule has 1 rings (SSSR count). The molecule has 120 valence electrons. The Labute approximate surface area is 131 Å². The van der Waals surface area contributed by atoms with Gasteiger partial charge in [-0.05, 0) is 36.6 Å². The lowest BCUT2D eigenvalue weighted by Crippen LogP contribution is -2.24. The third kappa shape index (κ3) is 6.04. The van der Waals surface area contributed by atoms with Crippen molar-refractivity contribution in [3.63, 3.8) is 0 Å². The molecule has 21 heavy (non-hydrogen) atoms. The Morgan fingerprint density at radius 3 is 2.43 bits per heavy atom. The van der Waals surface area contributed by atoms with Crippen LogP contribution in [0.15, 0.2) is 12.1 Å². The number of rotatable bonds is 7. The van der Waals surface area contributed by atoms with Gasteiger partial charge in [-0.25, -0.2) is 4.98 Å². The molecule has 3 heteroatoms. The van der Waals surface area contributed by atoms with Crippen LogP contribution >= 0.6 is 0 Å². The fourth-order valence-electron chi connectivity index (χ4n) is 2.21. The quantitative estimate of drug-likeness (QED) is 0.824. The molecule has 0 aromatic carbocycles. The van der Waals surface area contributed by atoms with Crippen molar-refractivity contribution in [3.05, 3.63) is 23.4 Å². The van der Waals surface area contributed by atoms with Gasteiger partial charge in [0.25, 0.3) is 0 Å². The number of pyridine rings is 1. The van der Waals surface area contributed by atoms with Crippen molar-refractivity contribution in [2.75, 3.05) is 25.0 Å². The van der Waals surface area contributed by atoms with E-state index in [1.54, 1.807) is 0 Å². The summed E-state index contributed by atoms with van der Waals surface area (Å²) in [5.41, 5.74) is 2.58. The predicted molar refractivity (Wildman–Crippen MR) is 93.0 cm³/mol. The Morgan fingerprint density at radius 2 is 1.90 bits per heavy atom. The minimum Gasteiger partial charge on any atom is -0.360 e. The maximum absolute atomic E-state index is 4.86. The van der Waals surface area contributed by atoms with E-state index in [0.717, 1.165) is 31.9 Å². The van der Waals surface area contributed by atoms with Crippen LogP contribution < -0.4 is 10.2 Å². The standard InChI is InChI=1S/C18H33N3/c1-8-9-21(7)17-11-15(13-19-12-14(2)3)10-16(20-17)18(4,5)6/h10-11,14,19H,8-9,12-13H2,1-7H3. The Hall–Kier alpha value is -1.09. The molecule has 1 heterocycles. The largest absolute Gasteiger partial charge is 0.360 e. The monoisotopic (exact) mass is 291 g/mol. The van der Waals surface area contributed by atoms with Crippen molar-refractivity contribution in [1.82, 2.24) is 10.3 Å².